The van der Waals surface area contributed by atoms with Crippen LogP contribution in [-0.4, -0.2) is 19.0 Å². The Morgan fingerprint density at radius 2 is 2.12 bits per heavy atom. The normalized spacial score (nSPS) is 11.5. The van der Waals surface area contributed by atoms with Gasteiger partial charge in [-0.05, 0) is 24.1 Å². The average Bonchev–Trinajstić information content (AvgIpc) is 2.18. The van der Waals surface area contributed by atoms with Crippen LogP contribution in [0.3, 0.4) is 0 Å². The van der Waals surface area contributed by atoms with E-state index >= 15 is 0 Å². The number of rotatable bonds is 3. The van der Waals surface area contributed by atoms with Gasteiger partial charge in [0.15, 0.2) is 0 Å². The molecule has 0 aromatic heterocycles. The third-order valence-electron chi connectivity index (χ3n) is 1.53. The predicted molar refractivity (Wildman–Crippen MR) is 69.5 cm³/mol. The molecule has 0 amide bonds. The Bertz CT molecular complexity index is 495. The van der Waals surface area contributed by atoms with Gasteiger partial charge in [0.25, 0.3) is 10.1 Å². The van der Waals surface area contributed by atoms with Crippen molar-refractivity contribution in [2.24, 2.45) is 5.73 Å². The molecule has 0 bridgehead atoms. The molecule has 1 aromatic rings. The van der Waals surface area contributed by atoms with Gasteiger partial charge in [0.1, 0.15) is 0 Å². The summed E-state index contributed by atoms with van der Waals surface area (Å²) in [5.41, 5.74) is 5.38. The summed E-state index contributed by atoms with van der Waals surface area (Å²) >= 11 is 0. The Kier molecular flexibility index (Phi) is 5.90. The van der Waals surface area contributed by atoms with Gasteiger partial charge < -0.3 is 5.73 Å². The molecule has 0 saturated heterocycles. The number of hydrogen-bond donors (Lipinski definition) is 2. The first-order valence-corrected chi connectivity index (χ1v) is 6.56. The molecule has 0 radical (unpaired) electrons. The minimum Gasteiger partial charge on any atom is -0.328 e. The molecule has 0 heterocycles. The fourth-order valence-corrected chi connectivity index (χ4v) is 1.71. The van der Waals surface area contributed by atoms with E-state index in [1.807, 2.05) is 13.8 Å². The fraction of sp³-hybridized carbons (Fsp3) is 0.333. The summed E-state index contributed by atoms with van der Waals surface area (Å²) in [6, 6.07) is 4.57. The van der Waals surface area contributed by atoms with Gasteiger partial charge in [0, 0.05) is 0 Å². The quantitative estimate of drug-likeness (QED) is 0.642. The van der Waals surface area contributed by atoms with Crippen molar-refractivity contribution >= 4 is 10.1 Å². The van der Waals surface area contributed by atoms with Crippen molar-refractivity contribution in [1.29, 1.82) is 0 Å². The Morgan fingerprint density at radius 1 is 1.59 bits per heavy atom. The zero-order valence-electron chi connectivity index (χ0n) is 11.1. The van der Waals surface area contributed by atoms with Crippen LogP contribution in [0, 0.1) is 0 Å². The maximum absolute atomic E-state index is 10.9. The summed E-state index contributed by atoms with van der Waals surface area (Å²) in [7, 11) is -4.25. The van der Waals surface area contributed by atoms with Gasteiger partial charge in [-0.2, -0.15) is 8.42 Å². The van der Waals surface area contributed by atoms with E-state index in [-0.39, 0.29) is 22.9 Å². The molecule has 1 aromatic carbocycles. The monoisotopic (exact) mass is 258 g/mol. The first-order chi connectivity index (χ1) is 8.20. The molecular weight excluding hydrogens is 238 g/mol. The lowest BCUT2D eigenvalue weighted by atomic mass is 10.1. The van der Waals surface area contributed by atoms with Gasteiger partial charge in [-0.3, -0.25) is 4.55 Å². The minimum atomic E-state index is -4.25. The Balaban J connectivity index is 0.000000631. The molecule has 0 aliphatic heterocycles. The number of allylic oxidation sites excluding steroid dienone is 1. The smallest absolute Gasteiger partial charge is 0.294 e. The molecule has 0 aliphatic carbocycles. The van der Waals surface area contributed by atoms with E-state index in [9.17, 15) is 8.42 Å². The van der Waals surface area contributed by atoms with Crippen LogP contribution >= 0.6 is 0 Å². The topological polar surface area (TPSA) is 80.4 Å². The van der Waals surface area contributed by atoms with E-state index in [0.717, 1.165) is 0 Å². The van der Waals surface area contributed by atoms with Crippen LogP contribution in [0.2, 0.25) is 0 Å². The molecule has 4 nitrogen and oxygen atoms in total. The largest absolute Gasteiger partial charge is 0.328 e. The Morgan fingerprint density at radius 3 is 2.53 bits per heavy atom. The van der Waals surface area contributed by atoms with E-state index in [0.29, 0.717) is 6.04 Å². The molecule has 96 valence electrons. The Labute approximate surface area is 104 Å². The van der Waals surface area contributed by atoms with Crippen molar-refractivity contribution in [3.63, 3.8) is 0 Å². The first kappa shape index (κ1) is 13.9. The van der Waals surface area contributed by atoms with Crippen LogP contribution in [0.15, 0.2) is 41.8 Å². The summed E-state index contributed by atoms with van der Waals surface area (Å²) in [5, 5.41) is 0. The standard InChI is InChI=1S/C9H10O3S.C3H9N/c1-2-5-8-6-3-4-7-9(8)13(10,11)12;1-3(2)4/h2-4,6-7H,1,5H2,(H,10,11,12);3H,4H2,1-2H3/i6D;. The minimum absolute atomic E-state index is 0.0834. The number of benzene rings is 1. The van der Waals surface area contributed by atoms with E-state index in [1.165, 1.54) is 24.3 Å². The van der Waals surface area contributed by atoms with Crippen LogP contribution in [0.25, 0.3) is 0 Å². The van der Waals surface area contributed by atoms with Crippen LogP contribution in [-0.2, 0) is 16.5 Å². The molecule has 0 fully saturated rings. The third-order valence-corrected chi connectivity index (χ3v) is 2.46. The van der Waals surface area contributed by atoms with Gasteiger partial charge in [-0.1, -0.05) is 38.1 Å². The predicted octanol–water partition coefficient (Wildman–Crippen LogP) is 2.02. The zero-order chi connectivity index (χ0) is 14.3. The molecule has 3 N–H and O–H groups in total. The van der Waals surface area contributed by atoms with Gasteiger partial charge in [-0.25, -0.2) is 0 Å². The van der Waals surface area contributed by atoms with Crippen LogP contribution in [0.5, 0.6) is 0 Å². The number of nitrogens with two attached hydrogens (primary N) is 1. The number of hydrogen-bond acceptors (Lipinski definition) is 3. The third kappa shape index (κ3) is 6.88. The SMILES string of the molecule is CC(C)N.[2H]c1cccc(S(=O)(=O)O)c1CC=C. The van der Waals surface area contributed by atoms with Gasteiger partial charge >= 0.3 is 0 Å². The summed E-state index contributed by atoms with van der Waals surface area (Å²) < 4.78 is 38.2. The Hall–Kier alpha value is -1.17. The van der Waals surface area contributed by atoms with Crippen molar-refractivity contribution in [2.75, 3.05) is 0 Å². The lowest BCUT2D eigenvalue weighted by Gasteiger charge is -2.02. The van der Waals surface area contributed by atoms with Crippen molar-refractivity contribution in [1.82, 2.24) is 0 Å². The zero-order valence-corrected chi connectivity index (χ0v) is 10.9. The highest BCUT2D eigenvalue weighted by molar-refractivity contribution is 7.85. The van der Waals surface area contributed by atoms with Crippen molar-refractivity contribution in [3.05, 3.63) is 42.5 Å². The highest BCUT2D eigenvalue weighted by atomic mass is 32.2. The van der Waals surface area contributed by atoms with Crippen molar-refractivity contribution in [2.45, 2.75) is 31.2 Å². The van der Waals surface area contributed by atoms with Crippen molar-refractivity contribution < 1.29 is 14.3 Å². The maximum Gasteiger partial charge on any atom is 0.294 e. The van der Waals surface area contributed by atoms with E-state index < -0.39 is 10.1 Å². The first-order valence-electron chi connectivity index (χ1n) is 5.62. The molecule has 0 unspecified atom stereocenters. The molecule has 0 saturated carbocycles. The fourth-order valence-electron chi connectivity index (χ4n) is 1.00. The van der Waals surface area contributed by atoms with E-state index in [2.05, 4.69) is 6.58 Å². The molecule has 0 spiro atoms. The second-order valence-corrected chi connectivity index (χ2v) is 5.11. The summed E-state index contributed by atoms with van der Waals surface area (Å²) in [5.74, 6) is 0. The summed E-state index contributed by atoms with van der Waals surface area (Å²) in [6.45, 7) is 7.35. The maximum atomic E-state index is 10.9. The molecule has 17 heavy (non-hydrogen) atoms. The van der Waals surface area contributed by atoms with E-state index in [1.54, 1.807) is 0 Å². The van der Waals surface area contributed by atoms with Crippen molar-refractivity contribution in [3.8, 4) is 0 Å². The molecule has 5 heteroatoms. The molecule has 1 rings (SSSR count). The lowest BCUT2D eigenvalue weighted by Crippen LogP contribution is -2.06. The van der Waals surface area contributed by atoms with E-state index in [4.69, 9.17) is 11.7 Å². The molecule has 0 aliphatic rings. The van der Waals surface area contributed by atoms with Gasteiger partial charge in [-0.15, -0.1) is 6.58 Å². The average molecular weight is 258 g/mol. The summed E-state index contributed by atoms with van der Waals surface area (Å²) in [6.07, 6.45) is 1.73. The van der Waals surface area contributed by atoms with Crippen LogP contribution < -0.4 is 5.73 Å². The summed E-state index contributed by atoms with van der Waals surface area (Å²) in [4.78, 5) is -0.218. The highest BCUT2D eigenvalue weighted by Crippen LogP contribution is 2.15. The second kappa shape index (κ2) is 7.21. The highest BCUT2D eigenvalue weighted by Gasteiger charge is 2.12. The molecule has 0 atom stereocenters. The second-order valence-electron chi connectivity index (χ2n) is 3.72. The van der Waals surface area contributed by atoms with Gasteiger partial charge in [0.2, 0.25) is 0 Å². The lowest BCUT2D eigenvalue weighted by molar-refractivity contribution is 0.482. The van der Waals surface area contributed by atoms with Crippen LogP contribution in [0.1, 0.15) is 20.8 Å². The van der Waals surface area contributed by atoms with Gasteiger partial charge in [0.05, 0.1) is 6.27 Å². The van der Waals surface area contributed by atoms with Crippen LogP contribution in [0.4, 0.5) is 0 Å². The molecular formula is C12H19NO3S.